The zero-order valence-corrected chi connectivity index (χ0v) is 17.3. The third kappa shape index (κ3) is 5.70. The van der Waals surface area contributed by atoms with E-state index in [1.54, 1.807) is 12.1 Å². The number of amides is 1. The Labute approximate surface area is 182 Å². The van der Waals surface area contributed by atoms with Crippen molar-refractivity contribution in [2.45, 2.75) is 26.1 Å². The highest BCUT2D eigenvalue weighted by molar-refractivity contribution is 5.78. The molecule has 0 bridgehead atoms. The molecule has 0 aliphatic heterocycles. The van der Waals surface area contributed by atoms with E-state index in [-0.39, 0.29) is 11.7 Å². The topological polar surface area (TPSA) is 25.2 Å². The van der Waals surface area contributed by atoms with Gasteiger partial charge in [-0.2, -0.15) is 0 Å². The smallest absolute Gasteiger partial charge is 0.227 e. The van der Waals surface area contributed by atoms with Gasteiger partial charge in [-0.15, -0.1) is 0 Å². The molecule has 3 nitrogen and oxygen atoms in total. The van der Waals surface area contributed by atoms with Crippen LogP contribution in [0, 0.1) is 5.82 Å². The Kier molecular flexibility index (Phi) is 6.58. The maximum Gasteiger partial charge on any atom is 0.227 e. The summed E-state index contributed by atoms with van der Waals surface area (Å²) < 4.78 is 15.4. The summed E-state index contributed by atoms with van der Waals surface area (Å²) in [5, 5.41) is 0. The first-order chi connectivity index (χ1) is 15.2. The van der Waals surface area contributed by atoms with Gasteiger partial charge in [-0.25, -0.2) is 4.39 Å². The lowest BCUT2D eigenvalue weighted by molar-refractivity contribution is -0.131. The molecule has 0 fully saturated rings. The van der Waals surface area contributed by atoms with Crippen LogP contribution in [0.2, 0.25) is 0 Å². The van der Waals surface area contributed by atoms with Crippen LogP contribution in [0.15, 0.2) is 103 Å². The predicted molar refractivity (Wildman–Crippen MR) is 121 cm³/mol. The molecule has 0 spiro atoms. The molecule has 0 saturated heterocycles. The van der Waals surface area contributed by atoms with Crippen molar-refractivity contribution in [3.05, 3.63) is 131 Å². The standard InChI is InChI=1S/C27H25FN2O/c28-25-15-13-24(14-16-25)19-29-17-7-12-26(29)21-30(20-23-10-5-2-6-11-23)27(31)18-22-8-3-1-4-9-22/h1-17H,18-21H2. The van der Waals surface area contributed by atoms with E-state index in [4.69, 9.17) is 0 Å². The molecule has 3 aromatic carbocycles. The Hall–Kier alpha value is -3.66. The summed E-state index contributed by atoms with van der Waals surface area (Å²) in [4.78, 5) is 15.1. The van der Waals surface area contributed by atoms with E-state index in [9.17, 15) is 9.18 Å². The van der Waals surface area contributed by atoms with Crippen LogP contribution < -0.4 is 0 Å². The first-order valence-electron chi connectivity index (χ1n) is 10.4. The largest absolute Gasteiger partial charge is 0.345 e. The van der Waals surface area contributed by atoms with Crippen LogP contribution in [-0.4, -0.2) is 15.4 Å². The van der Waals surface area contributed by atoms with Gasteiger partial charge in [0.1, 0.15) is 5.82 Å². The summed E-state index contributed by atoms with van der Waals surface area (Å²) in [6.07, 6.45) is 2.37. The van der Waals surface area contributed by atoms with Crippen LogP contribution in [0.5, 0.6) is 0 Å². The summed E-state index contributed by atoms with van der Waals surface area (Å²) >= 11 is 0. The highest BCUT2D eigenvalue weighted by Crippen LogP contribution is 2.15. The Balaban J connectivity index is 1.54. The first kappa shape index (κ1) is 20.6. The van der Waals surface area contributed by atoms with E-state index in [2.05, 4.69) is 4.57 Å². The van der Waals surface area contributed by atoms with Gasteiger partial charge in [0, 0.05) is 25.0 Å². The van der Waals surface area contributed by atoms with Crippen molar-refractivity contribution in [1.82, 2.24) is 9.47 Å². The molecule has 4 aromatic rings. The van der Waals surface area contributed by atoms with Crippen LogP contribution in [0.25, 0.3) is 0 Å². The minimum atomic E-state index is -0.239. The third-order valence-corrected chi connectivity index (χ3v) is 5.31. The highest BCUT2D eigenvalue weighted by Gasteiger charge is 2.17. The fourth-order valence-electron chi connectivity index (χ4n) is 3.65. The van der Waals surface area contributed by atoms with Crippen LogP contribution in [0.1, 0.15) is 22.4 Å². The minimum Gasteiger partial charge on any atom is -0.345 e. The Morgan fingerprint density at radius 3 is 2.03 bits per heavy atom. The maximum atomic E-state index is 13.2. The molecule has 4 rings (SSSR count). The van der Waals surface area contributed by atoms with E-state index < -0.39 is 0 Å². The average Bonchev–Trinajstić information content (AvgIpc) is 3.23. The quantitative estimate of drug-likeness (QED) is 0.378. The summed E-state index contributed by atoms with van der Waals surface area (Å²) in [6, 6.07) is 30.4. The molecule has 0 radical (unpaired) electrons. The SMILES string of the molecule is O=C(Cc1ccccc1)N(Cc1ccccc1)Cc1cccn1Cc1ccc(F)cc1. The van der Waals surface area contributed by atoms with Gasteiger partial charge < -0.3 is 9.47 Å². The van der Waals surface area contributed by atoms with Crippen molar-refractivity contribution in [1.29, 1.82) is 0 Å². The number of carbonyl (C=O) groups is 1. The molecule has 0 aliphatic rings. The van der Waals surface area contributed by atoms with E-state index in [1.165, 1.54) is 12.1 Å². The van der Waals surface area contributed by atoms with Gasteiger partial charge in [0.2, 0.25) is 5.91 Å². The normalized spacial score (nSPS) is 10.7. The second kappa shape index (κ2) is 9.90. The van der Waals surface area contributed by atoms with Crippen LogP contribution in [-0.2, 0) is 30.8 Å². The van der Waals surface area contributed by atoms with Gasteiger partial charge in [0.15, 0.2) is 0 Å². The molecule has 1 aromatic heterocycles. The predicted octanol–water partition coefficient (Wildman–Crippen LogP) is 5.45. The van der Waals surface area contributed by atoms with Gasteiger partial charge >= 0.3 is 0 Å². The van der Waals surface area contributed by atoms with Gasteiger partial charge in [-0.05, 0) is 41.0 Å². The van der Waals surface area contributed by atoms with Crippen molar-refractivity contribution in [2.75, 3.05) is 0 Å². The fraction of sp³-hybridized carbons (Fsp3) is 0.148. The zero-order chi connectivity index (χ0) is 21.5. The molecule has 0 N–H and O–H groups in total. The number of nitrogens with zero attached hydrogens (tertiary/aromatic N) is 2. The van der Waals surface area contributed by atoms with Crippen LogP contribution in [0.4, 0.5) is 4.39 Å². The molecular formula is C27H25FN2O. The Morgan fingerprint density at radius 2 is 1.35 bits per heavy atom. The lowest BCUT2D eigenvalue weighted by Gasteiger charge is -2.24. The molecule has 31 heavy (non-hydrogen) atoms. The number of halogens is 1. The number of benzene rings is 3. The summed E-state index contributed by atoms with van der Waals surface area (Å²) in [5.41, 5.74) is 4.17. The van der Waals surface area contributed by atoms with Gasteiger partial charge in [-0.1, -0.05) is 72.8 Å². The lowest BCUT2D eigenvalue weighted by Crippen LogP contribution is -2.32. The second-order valence-electron chi connectivity index (χ2n) is 7.65. The maximum absolute atomic E-state index is 13.2. The molecule has 1 amide bonds. The monoisotopic (exact) mass is 412 g/mol. The van der Waals surface area contributed by atoms with E-state index in [0.717, 1.165) is 22.4 Å². The van der Waals surface area contributed by atoms with Crippen molar-refractivity contribution < 1.29 is 9.18 Å². The van der Waals surface area contributed by atoms with E-state index in [0.29, 0.717) is 26.1 Å². The summed E-state index contributed by atoms with van der Waals surface area (Å²) in [6.45, 7) is 1.69. The molecule has 0 unspecified atom stereocenters. The fourth-order valence-corrected chi connectivity index (χ4v) is 3.65. The van der Waals surface area contributed by atoms with Gasteiger partial charge in [-0.3, -0.25) is 4.79 Å². The third-order valence-electron chi connectivity index (χ3n) is 5.31. The van der Waals surface area contributed by atoms with Gasteiger partial charge in [0.05, 0.1) is 13.0 Å². The number of carbonyl (C=O) groups excluding carboxylic acids is 1. The highest BCUT2D eigenvalue weighted by atomic mass is 19.1. The number of aromatic nitrogens is 1. The minimum absolute atomic E-state index is 0.0876. The average molecular weight is 413 g/mol. The van der Waals surface area contributed by atoms with Crippen LogP contribution in [0.3, 0.4) is 0 Å². The Bertz CT molecular complexity index is 1100. The zero-order valence-electron chi connectivity index (χ0n) is 17.3. The summed E-state index contributed by atoms with van der Waals surface area (Å²) in [7, 11) is 0. The lowest BCUT2D eigenvalue weighted by atomic mass is 10.1. The van der Waals surface area contributed by atoms with Crippen molar-refractivity contribution >= 4 is 5.91 Å². The molecule has 156 valence electrons. The van der Waals surface area contributed by atoms with E-state index in [1.807, 2.05) is 83.9 Å². The van der Waals surface area contributed by atoms with E-state index >= 15 is 0 Å². The summed E-state index contributed by atoms with van der Waals surface area (Å²) in [5.74, 6) is -0.151. The van der Waals surface area contributed by atoms with Crippen molar-refractivity contribution in [3.63, 3.8) is 0 Å². The first-order valence-corrected chi connectivity index (χ1v) is 10.4. The van der Waals surface area contributed by atoms with Gasteiger partial charge in [0.25, 0.3) is 0 Å². The van der Waals surface area contributed by atoms with Crippen molar-refractivity contribution in [2.24, 2.45) is 0 Å². The number of hydrogen-bond donors (Lipinski definition) is 0. The molecule has 0 aliphatic carbocycles. The molecule has 0 saturated carbocycles. The second-order valence-corrected chi connectivity index (χ2v) is 7.65. The molecular weight excluding hydrogens is 387 g/mol. The van der Waals surface area contributed by atoms with Crippen LogP contribution >= 0.6 is 0 Å². The number of hydrogen-bond acceptors (Lipinski definition) is 1. The molecule has 1 heterocycles. The van der Waals surface area contributed by atoms with Crippen molar-refractivity contribution in [3.8, 4) is 0 Å². The Morgan fingerprint density at radius 1 is 0.710 bits per heavy atom. The number of rotatable bonds is 8. The molecule has 4 heteroatoms. The molecule has 0 atom stereocenters.